The van der Waals surface area contributed by atoms with Crippen LogP contribution in [0.4, 0.5) is 0 Å². The van der Waals surface area contributed by atoms with Crippen molar-refractivity contribution in [2.24, 2.45) is 7.05 Å². The number of hydrogen-bond donors (Lipinski definition) is 1. The van der Waals surface area contributed by atoms with E-state index in [1.807, 2.05) is 52.4 Å². The lowest BCUT2D eigenvalue weighted by Gasteiger charge is -2.36. The molecule has 1 aliphatic rings. The van der Waals surface area contributed by atoms with E-state index in [1.54, 1.807) is 18.4 Å². The maximum absolute atomic E-state index is 13.3. The van der Waals surface area contributed by atoms with Gasteiger partial charge in [0.15, 0.2) is 0 Å². The van der Waals surface area contributed by atoms with Gasteiger partial charge in [0.05, 0.1) is 18.2 Å². The molecule has 7 nitrogen and oxygen atoms in total. The van der Waals surface area contributed by atoms with E-state index in [9.17, 15) is 9.59 Å². The van der Waals surface area contributed by atoms with Crippen LogP contribution in [0.1, 0.15) is 52.9 Å². The highest BCUT2D eigenvalue weighted by Crippen LogP contribution is 2.33. The second kappa shape index (κ2) is 8.47. The van der Waals surface area contributed by atoms with Crippen LogP contribution in [0.15, 0.2) is 33.4 Å². The number of thiophene rings is 1. The molecule has 158 valence electrons. The third-order valence-corrected chi connectivity index (χ3v) is 6.45. The summed E-state index contributed by atoms with van der Waals surface area (Å²) in [5.74, 6) is 1.15. The minimum absolute atomic E-state index is 0.0376. The molecular formula is C22H26N4O3S. The summed E-state index contributed by atoms with van der Waals surface area (Å²) in [6.45, 7) is 2.56. The third kappa shape index (κ3) is 3.79. The lowest BCUT2D eigenvalue weighted by atomic mass is 9.98. The highest BCUT2D eigenvalue weighted by Gasteiger charge is 2.31. The van der Waals surface area contributed by atoms with Crippen molar-refractivity contribution in [2.75, 3.05) is 13.6 Å². The third-order valence-electron chi connectivity index (χ3n) is 5.76. The van der Waals surface area contributed by atoms with Gasteiger partial charge in [-0.2, -0.15) is 11.3 Å². The van der Waals surface area contributed by atoms with E-state index < -0.39 is 0 Å². The van der Waals surface area contributed by atoms with E-state index in [2.05, 4.69) is 10.3 Å². The minimum Gasteiger partial charge on any atom is -0.441 e. The summed E-state index contributed by atoms with van der Waals surface area (Å²) in [5.41, 5.74) is 3.20. The molecule has 4 rings (SSSR count). The number of likely N-dealkylation sites (tertiary alicyclic amines) is 1. The Morgan fingerprint density at radius 1 is 1.30 bits per heavy atom. The van der Waals surface area contributed by atoms with Crippen LogP contribution in [-0.4, -0.2) is 39.9 Å². The van der Waals surface area contributed by atoms with Gasteiger partial charge >= 0.3 is 0 Å². The average Bonchev–Trinajstić information content (AvgIpc) is 3.48. The Balaban J connectivity index is 1.56. The first-order chi connectivity index (χ1) is 14.5. The van der Waals surface area contributed by atoms with E-state index in [-0.39, 0.29) is 24.3 Å². The number of rotatable bonds is 5. The minimum atomic E-state index is -0.128. The van der Waals surface area contributed by atoms with Crippen LogP contribution >= 0.6 is 11.3 Å². The lowest BCUT2D eigenvalue weighted by Crippen LogP contribution is -2.40. The zero-order chi connectivity index (χ0) is 21.3. The van der Waals surface area contributed by atoms with Crippen LogP contribution in [0, 0.1) is 6.92 Å². The van der Waals surface area contributed by atoms with E-state index in [4.69, 9.17) is 4.42 Å². The zero-order valence-electron chi connectivity index (χ0n) is 17.5. The summed E-state index contributed by atoms with van der Waals surface area (Å²) < 4.78 is 7.69. The maximum atomic E-state index is 13.3. The van der Waals surface area contributed by atoms with Crippen molar-refractivity contribution >= 4 is 23.2 Å². The van der Waals surface area contributed by atoms with Crippen LogP contribution in [0.5, 0.6) is 0 Å². The van der Waals surface area contributed by atoms with Gasteiger partial charge in [0, 0.05) is 37.3 Å². The molecule has 1 aliphatic heterocycles. The summed E-state index contributed by atoms with van der Waals surface area (Å²) in [7, 11) is 3.50. The van der Waals surface area contributed by atoms with Gasteiger partial charge in [-0.15, -0.1) is 0 Å². The van der Waals surface area contributed by atoms with Crippen molar-refractivity contribution in [3.05, 3.63) is 51.8 Å². The average molecular weight is 427 g/mol. The Kier molecular flexibility index (Phi) is 5.76. The number of carbonyl (C=O) groups is 2. The van der Waals surface area contributed by atoms with Crippen LogP contribution < -0.4 is 5.32 Å². The van der Waals surface area contributed by atoms with Crippen LogP contribution in [0.25, 0.3) is 11.5 Å². The highest BCUT2D eigenvalue weighted by atomic mass is 32.1. The predicted molar refractivity (Wildman–Crippen MR) is 115 cm³/mol. The number of piperidine rings is 1. The van der Waals surface area contributed by atoms with E-state index in [0.717, 1.165) is 30.5 Å². The van der Waals surface area contributed by atoms with E-state index >= 15 is 0 Å². The fraction of sp³-hybridized carbons (Fsp3) is 0.409. The van der Waals surface area contributed by atoms with Gasteiger partial charge in [0.2, 0.25) is 11.8 Å². The summed E-state index contributed by atoms with van der Waals surface area (Å²) in [6, 6.07) is 5.69. The summed E-state index contributed by atoms with van der Waals surface area (Å²) >= 11 is 1.59. The van der Waals surface area contributed by atoms with Crippen molar-refractivity contribution < 1.29 is 14.0 Å². The number of hydrogen-bond acceptors (Lipinski definition) is 5. The standard InChI is InChI=1S/C22H26N4O3S/c1-14-16(24-22(29-14)15-9-11-30-13-15)12-20(27)26-10-5-4-6-18(26)17-7-8-19(25(17)3)21(28)23-2/h7-9,11,13,18H,4-6,10,12H2,1-3H3,(H,23,28)/t18-/m0/s1. The fourth-order valence-electron chi connectivity index (χ4n) is 4.10. The summed E-state index contributed by atoms with van der Waals surface area (Å²) in [6.07, 6.45) is 3.13. The van der Waals surface area contributed by atoms with Crippen molar-refractivity contribution in [3.63, 3.8) is 0 Å². The Morgan fingerprint density at radius 3 is 2.87 bits per heavy atom. The number of carbonyl (C=O) groups excluding carboxylic acids is 2. The van der Waals surface area contributed by atoms with Gasteiger partial charge in [-0.1, -0.05) is 0 Å². The molecule has 1 fully saturated rings. The molecule has 1 atom stereocenters. The first-order valence-electron chi connectivity index (χ1n) is 10.2. The monoisotopic (exact) mass is 426 g/mol. The van der Waals surface area contributed by atoms with E-state index in [0.29, 0.717) is 29.6 Å². The van der Waals surface area contributed by atoms with Gasteiger partial charge in [-0.05, 0) is 49.8 Å². The van der Waals surface area contributed by atoms with Crippen molar-refractivity contribution in [1.29, 1.82) is 0 Å². The topological polar surface area (TPSA) is 80.4 Å². The van der Waals surface area contributed by atoms with Gasteiger partial charge in [0.1, 0.15) is 11.5 Å². The zero-order valence-corrected chi connectivity index (χ0v) is 18.3. The molecule has 3 aromatic heterocycles. The number of amides is 2. The molecule has 1 saturated heterocycles. The molecule has 0 saturated carbocycles. The van der Waals surface area contributed by atoms with Crippen LogP contribution in [0.2, 0.25) is 0 Å². The lowest BCUT2D eigenvalue weighted by molar-refractivity contribution is -0.134. The number of aromatic nitrogens is 2. The summed E-state index contributed by atoms with van der Waals surface area (Å²) in [4.78, 5) is 31.9. The first-order valence-corrected chi connectivity index (χ1v) is 11.1. The molecule has 0 spiro atoms. The van der Waals surface area contributed by atoms with Gasteiger partial charge in [-0.25, -0.2) is 4.98 Å². The number of nitrogens with one attached hydrogen (secondary N) is 1. The number of oxazole rings is 1. The van der Waals surface area contributed by atoms with Gasteiger partial charge < -0.3 is 19.2 Å². The van der Waals surface area contributed by atoms with E-state index in [1.165, 1.54) is 0 Å². The molecule has 3 aromatic rings. The molecule has 4 heterocycles. The van der Waals surface area contributed by atoms with Crippen LogP contribution in [0.3, 0.4) is 0 Å². The smallest absolute Gasteiger partial charge is 0.267 e. The second-order valence-electron chi connectivity index (χ2n) is 7.59. The summed E-state index contributed by atoms with van der Waals surface area (Å²) in [5, 5.41) is 6.63. The molecule has 0 aliphatic carbocycles. The second-order valence-corrected chi connectivity index (χ2v) is 8.37. The molecule has 0 bridgehead atoms. The van der Waals surface area contributed by atoms with Gasteiger partial charge in [-0.3, -0.25) is 9.59 Å². The molecule has 8 heteroatoms. The normalized spacial score (nSPS) is 16.6. The maximum Gasteiger partial charge on any atom is 0.267 e. The van der Waals surface area contributed by atoms with Crippen molar-refractivity contribution in [1.82, 2.24) is 19.8 Å². The fourth-order valence-corrected chi connectivity index (χ4v) is 4.73. The molecule has 0 aromatic carbocycles. The Bertz CT molecular complexity index is 1050. The molecule has 1 N–H and O–H groups in total. The Morgan fingerprint density at radius 2 is 2.13 bits per heavy atom. The largest absolute Gasteiger partial charge is 0.441 e. The first kappa shape index (κ1) is 20.4. The number of nitrogens with zero attached hydrogens (tertiary/aromatic N) is 3. The highest BCUT2D eigenvalue weighted by molar-refractivity contribution is 7.08. The molecule has 30 heavy (non-hydrogen) atoms. The van der Waals surface area contributed by atoms with Crippen LogP contribution in [-0.2, 0) is 18.3 Å². The molecule has 0 radical (unpaired) electrons. The predicted octanol–water partition coefficient (Wildman–Crippen LogP) is 3.71. The molecule has 0 unspecified atom stereocenters. The molecule has 2 amide bonds. The van der Waals surface area contributed by atoms with Gasteiger partial charge in [0.25, 0.3) is 5.91 Å². The Hall–Kier alpha value is -2.87. The SMILES string of the molecule is CNC(=O)c1ccc([C@@H]2CCCCN2C(=O)Cc2nc(-c3ccsc3)oc2C)n1C. The van der Waals surface area contributed by atoms with Crippen molar-refractivity contribution in [2.45, 2.75) is 38.6 Å². The molecular weight excluding hydrogens is 400 g/mol. The Labute approximate surface area is 179 Å². The number of aryl methyl sites for hydroxylation is 1. The quantitative estimate of drug-likeness (QED) is 0.675. The van der Waals surface area contributed by atoms with Crippen molar-refractivity contribution in [3.8, 4) is 11.5 Å².